The molecule has 3 amide bonds. The highest BCUT2D eigenvalue weighted by Gasteiger charge is 2.24. The maximum absolute atomic E-state index is 12.7. The zero-order valence-electron chi connectivity index (χ0n) is 15.9. The third kappa shape index (κ3) is 3.89. The van der Waals surface area contributed by atoms with Crippen molar-refractivity contribution < 1.29 is 9.59 Å². The van der Waals surface area contributed by atoms with Crippen LogP contribution in [0.5, 0.6) is 0 Å². The van der Waals surface area contributed by atoms with Crippen molar-refractivity contribution in [1.82, 2.24) is 20.1 Å². The minimum absolute atomic E-state index is 0.0588. The lowest BCUT2D eigenvalue weighted by Gasteiger charge is -2.34. The molecule has 1 aliphatic rings. The molecular formula is C21H24N4O2S. The van der Waals surface area contributed by atoms with E-state index in [2.05, 4.69) is 23.3 Å². The molecule has 0 unspecified atom stereocenters. The summed E-state index contributed by atoms with van der Waals surface area (Å²) in [6.45, 7) is 4.89. The molecule has 0 radical (unpaired) electrons. The van der Waals surface area contributed by atoms with E-state index >= 15 is 0 Å². The number of piperazine rings is 1. The smallest absolute Gasteiger partial charge is 0.317 e. The largest absolute Gasteiger partial charge is 0.361 e. The Hall–Kier alpha value is -2.80. The molecule has 3 heterocycles. The van der Waals surface area contributed by atoms with Gasteiger partial charge < -0.3 is 20.1 Å². The number of carbonyl (C=O) groups excluding carboxylic acids is 2. The Morgan fingerprint density at radius 2 is 1.86 bits per heavy atom. The van der Waals surface area contributed by atoms with Gasteiger partial charge in [-0.2, -0.15) is 0 Å². The molecule has 7 heteroatoms. The molecule has 1 fully saturated rings. The maximum Gasteiger partial charge on any atom is 0.317 e. The number of aromatic amines is 1. The van der Waals surface area contributed by atoms with Gasteiger partial charge in [0.25, 0.3) is 0 Å². The molecule has 1 aliphatic heterocycles. The number of hydrogen-bond donors (Lipinski definition) is 2. The minimum atomic E-state index is -0.0588. The number of urea groups is 1. The molecule has 4 rings (SSSR count). The molecule has 6 nitrogen and oxygen atoms in total. The summed E-state index contributed by atoms with van der Waals surface area (Å²) in [7, 11) is 0. The van der Waals surface area contributed by atoms with E-state index in [1.807, 2.05) is 40.7 Å². The molecule has 0 aliphatic carbocycles. The Morgan fingerprint density at radius 1 is 1.11 bits per heavy atom. The Morgan fingerprint density at radius 3 is 2.61 bits per heavy atom. The molecule has 0 atom stereocenters. The monoisotopic (exact) mass is 396 g/mol. The molecule has 0 bridgehead atoms. The van der Waals surface area contributed by atoms with Crippen molar-refractivity contribution in [2.24, 2.45) is 0 Å². The molecular weight excluding hydrogens is 372 g/mol. The quantitative estimate of drug-likeness (QED) is 0.711. The van der Waals surface area contributed by atoms with Crippen LogP contribution in [0.15, 0.2) is 41.9 Å². The van der Waals surface area contributed by atoms with Gasteiger partial charge in [-0.25, -0.2) is 4.79 Å². The van der Waals surface area contributed by atoms with Crippen molar-refractivity contribution in [3.05, 3.63) is 57.9 Å². The van der Waals surface area contributed by atoms with E-state index in [9.17, 15) is 9.59 Å². The second-order valence-corrected chi connectivity index (χ2v) is 8.09. The summed E-state index contributed by atoms with van der Waals surface area (Å²) in [5.41, 5.74) is 3.28. The number of nitrogens with one attached hydrogen (secondary N) is 2. The van der Waals surface area contributed by atoms with Crippen LogP contribution in [0.25, 0.3) is 10.9 Å². The molecule has 3 aromatic rings. The third-order valence-corrected chi connectivity index (χ3v) is 6.33. The van der Waals surface area contributed by atoms with Gasteiger partial charge in [0.2, 0.25) is 5.91 Å². The number of carbonyl (C=O) groups is 2. The van der Waals surface area contributed by atoms with Crippen molar-refractivity contribution in [2.45, 2.75) is 19.9 Å². The van der Waals surface area contributed by atoms with Crippen LogP contribution in [-0.4, -0.2) is 52.9 Å². The number of thiophene rings is 1. The number of aromatic nitrogens is 1. The number of benzene rings is 1. The number of para-hydroxylation sites is 1. The minimum Gasteiger partial charge on any atom is -0.361 e. The molecule has 0 saturated carbocycles. The van der Waals surface area contributed by atoms with Crippen molar-refractivity contribution in [2.75, 3.05) is 26.2 Å². The molecule has 146 valence electrons. The predicted octanol–water partition coefficient (Wildman–Crippen LogP) is 3.13. The zero-order chi connectivity index (χ0) is 19.5. The Bertz CT molecular complexity index is 985. The normalized spacial score (nSPS) is 14.5. The summed E-state index contributed by atoms with van der Waals surface area (Å²) in [6.07, 6.45) is 2.30. The summed E-state index contributed by atoms with van der Waals surface area (Å²) >= 11 is 1.66. The Kier molecular flexibility index (Phi) is 5.34. The van der Waals surface area contributed by atoms with Crippen LogP contribution in [-0.2, 0) is 17.8 Å². The number of amides is 3. The lowest BCUT2D eigenvalue weighted by Crippen LogP contribution is -2.53. The Labute approximate surface area is 168 Å². The highest BCUT2D eigenvalue weighted by molar-refractivity contribution is 7.10. The lowest BCUT2D eigenvalue weighted by atomic mass is 10.1. The first kappa shape index (κ1) is 18.6. The molecule has 0 spiro atoms. The van der Waals surface area contributed by atoms with Crippen LogP contribution >= 0.6 is 11.3 Å². The van der Waals surface area contributed by atoms with Crippen molar-refractivity contribution >= 4 is 34.2 Å². The van der Waals surface area contributed by atoms with E-state index in [0.29, 0.717) is 39.1 Å². The maximum atomic E-state index is 12.7. The summed E-state index contributed by atoms with van der Waals surface area (Å²) in [6, 6.07) is 10.0. The predicted molar refractivity (Wildman–Crippen MR) is 111 cm³/mol. The molecule has 1 saturated heterocycles. The van der Waals surface area contributed by atoms with Crippen LogP contribution in [0.4, 0.5) is 4.79 Å². The zero-order valence-corrected chi connectivity index (χ0v) is 16.7. The average molecular weight is 397 g/mol. The van der Waals surface area contributed by atoms with Gasteiger partial charge >= 0.3 is 6.03 Å². The summed E-state index contributed by atoms with van der Waals surface area (Å²) in [4.78, 5) is 33.1. The van der Waals surface area contributed by atoms with Crippen LogP contribution in [0, 0.1) is 6.92 Å². The van der Waals surface area contributed by atoms with Crippen LogP contribution in [0.2, 0.25) is 0 Å². The summed E-state index contributed by atoms with van der Waals surface area (Å²) in [5.74, 6) is 0.110. The van der Waals surface area contributed by atoms with E-state index in [1.54, 1.807) is 16.2 Å². The van der Waals surface area contributed by atoms with Gasteiger partial charge in [-0.15, -0.1) is 11.3 Å². The Balaban J connectivity index is 1.28. The number of rotatable bonds is 4. The second-order valence-electron chi connectivity index (χ2n) is 7.09. The molecule has 2 aromatic heterocycles. The van der Waals surface area contributed by atoms with E-state index in [1.165, 1.54) is 10.4 Å². The fourth-order valence-corrected chi connectivity index (χ4v) is 4.41. The standard InChI is InChI=1S/C21H24N4O2S/c1-15-6-11-28-19(15)14-23-21(27)25-9-7-24(8-10-25)20(26)12-16-13-22-18-5-3-2-4-17(16)18/h2-6,11,13,22H,7-10,12,14H2,1H3,(H,23,27). The van der Waals surface area contributed by atoms with Crippen molar-refractivity contribution in [3.8, 4) is 0 Å². The van der Waals surface area contributed by atoms with E-state index in [4.69, 9.17) is 0 Å². The van der Waals surface area contributed by atoms with Gasteiger partial charge in [-0.3, -0.25) is 4.79 Å². The van der Waals surface area contributed by atoms with Gasteiger partial charge in [-0.05, 0) is 35.6 Å². The lowest BCUT2D eigenvalue weighted by molar-refractivity contribution is -0.131. The van der Waals surface area contributed by atoms with Crippen LogP contribution < -0.4 is 5.32 Å². The topological polar surface area (TPSA) is 68.4 Å². The van der Waals surface area contributed by atoms with E-state index in [0.717, 1.165) is 16.5 Å². The highest BCUT2D eigenvalue weighted by atomic mass is 32.1. The van der Waals surface area contributed by atoms with Crippen LogP contribution in [0.3, 0.4) is 0 Å². The molecule has 2 N–H and O–H groups in total. The van der Waals surface area contributed by atoms with Gasteiger partial charge in [0.05, 0.1) is 13.0 Å². The van der Waals surface area contributed by atoms with Gasteiger partial charge in [0, 0.05) is 48.2 Å². The highest BCUT2D eigenvalue weighted by Crippen LogP contribution is 2.19. The first-order valence-electron chi connectivity index (χ1n) is 9.50. The van der Waals surface area contributed by atoms with Crippen LogP contribution in [0.1, 0.15) is 16.0 Å². The number of hydrogen-bond acceptors (Lipinski definition) is 3. The fourth-order valence-electron chi connectivity index (χ4n) is 3.56. The van der Waals surface area contributed by atoms with Crippen molar-refractivity contribution in [1.29, 1.82) is 0 Å². The number of nitrogens with zero attached hydrogens (tertiary/aromatic N) is 2. The number of aryl methyl sites for hydroxylation is 1. The SMILES string of the molecule is Cc1ccsc1CNC(=O)N1CCN(C(=O)Cc2c[nH]c3ccccc23)CC1. The van der Waals surface area contributed by atoms with Gasteiger partial charge in [0.1, 0.15) is 0 Å². The third-order valence-electron chi connectivity index (χ3n) is 5.30. The first-order valence-corrected chi connectivity index (χ1v) is 10.4. The average Bonchev–Trinajstić information content (AvgIpc) is 3.32. The van der Waals surface area contributed by atoms with E-state index in [-0.39, 0.29) is 11.9 Å². The summed E-state index contributed by atoms with van der Waals surface area (Å²) < 4.78 is 0. The van der Waals surface area contributed by atoms with Crippen molar-refractivity contribution in [3.63, 3.8) is 0 Å². The molecule has 28 heavy (non-hydrogen) atoms. The first-order chi connectivity index (χ1) is 13.6. The second kappa shape index (κ2) is 8.06. The van der Waals surface area contributed by atoms with Gasteiger partial charge in [-0.1, -0.05) is 18.2 Å². The van der Waals surface area contributed by atoms with Gasteiger partial charge in [0.15, 0.2) is 0 Å². The fraction of sp³-hybridized carbons (Fsp3) is 0.333. The molecule has 1 aromatic carbocycles. The summed E-state index contributed by atoms with van der Waals surface area (Å²) in [5, 5.41) is 6.12. The number of H-pyrrole nitrogens is 1. The van der Waals surface area contributed by atoms with E-state index < -0.39 is 0 Å². The number of fused-ring (bicyclic) bond motifs is 1.